The van der Waals surface area contributed by atoms with E-state index in [1.165, 1.54) is 16.7 Å². The van der Waals surface area contributed by atoms with Gasteiger partial charge in [0, 0.05) is 18.0 Å². The van der Waals surface area contributed by atoms with Crippen LogP contribution in [0.2, 0.25) is 0 Å². The molecule has 9 nitrogen and oxygen atoms in total. The highest BCUT2D eigenvalue weighted by atomic mass is 32.2. The summed E-state index contributed by atoms with van der Waals surface area (Å²) in [5, 5.41) is 9.94. The third kappa shape index (κ3) is 7.24. The van der Waals surface area contributed by atoms with E-state index in [2.05, 4.69) is 4.98 Å². The predicted octanol–water partition coefficient (Wildman–Crippen LogP) is 5.22. The minimum absolute atomic E-state index is 0.181. The highest BCUT2D eigenvalue weighted by Gasteiger charge is 2.24. The predicted molar refractivity (Wildman–Crippen MR) is 139 cm³/mol. The molecule has 3 aromatic rings. The first-order valence-electron chi connectivity index (χ1n) is 11.7. The smallest absolute Gasteiger partial charge is 0.414 e. The number of nitrogens with zero attached hydrogens (tertiary/aromatic N) is 3. The zero-order valence-electron chi connectivity index (χ0n) is 20.9. The van der Waals surface area contributed by atoms with Crippen molar-refractivity contribution < 1.29 is 29.0 Å². The second-order valence-corrected chi connectivity index (χ2v) is 10.0. The van der Waals surface area contributed by atoms with Crippen molar-refractivity contribution in [3.8, 4) is 0 Å². The third-order valence-corrected chi connectivity index (χ3v) is 6.04. The second kappa shape index (κ2) is 11.9. The molecule has 0 aliphatic carbocycles. The summed E-state index contributed by atoms with van der Waals surface area (Å²) in [5.74, 6) is -0.765. The maximum atomic E-state index is 13.0. The number of amides is 1. The molecule has 3 rings (SSSR count). The third-order valence-electron chi connectivity index (χ3n) is 4.97. The number of para-hydroxylation sites is 2. The molecule has 192 valence electrons. The monoisotopic (exact) mass is 513 g/mol. The van der Waals surface area contributed by atoms with Crippen LogP contribution in [0.5, 0.6) is 0 Å². The molecule has 0 radical (unpaired) electrons. The van der Waals surface area contributed by atoms with Crippen molar-refractivity contribution in [3.05, 3.63) is 54.1 Å². The molecule has 0 saturated carbocycles. The Kier molecular flexibility index (Phi) is 8.98. The first-order chi connectivity index (χ1) is 17.1. The molecule has 0 bridgehead atoms. The lowest BCUT2D eigenvalue weighted by molar-refractivity contribution is -0.137. The Morgan fingerprint density at radius 1 is 1.08 bits per heavy atom. The largest absolute Gasteiger partial charge is 0.480 e. The highest BCUT2D eigenvalue weighted by Crippen LogP contribution is 2.26. The van der Waals surface area contributed by atoms with Crippen molar-refractivity contribution >= 4 is 46.5 Å². The van der Waals surface area contributed by atoms with Crippen LogP contribution >= 0.6 is 11.8 Å². The molecule has 0 aliphatic heterocycles. The summed E-state index contributed by atoms with van der Waals surface area (Å²) in [6.45, 7) is 7.61. The Bertz CT molecular complexity index is 1220. The summed E-state index contributed by atoms with van der Waals surface area (Å²) in [6.07, 6.45) is 0.106. The van der Waals surface area contributed by atoms with Crippen molar-refractivity contribution in [2.24, 2.45) is 0 Å². The lowest BCUT2D eigenvalue weighted by Gasteiger charge is -2.27. The molecular weight excluding hydrogens is 482 g/mol. The molecule has 1 aromatic heterocycles. The van der Waals surface area contributed by atoms with Crippen molar-refractivity contribution in [2.75, 3.05) is 23.8 Å². The number of anilines is 1. The van der Waals surface area contributed by atoms with Gasteiger partial charge in [0.1, 0.15) is 12.1 Å². The minimum Gasteiger partial charge on any atom is -0.480 e. The van der Waals surface area contributed by atoms with E-state index in [0.29, 0.717) is 35.1 Å². The van der Waals surface area contributed by atoms with E-state index in [1.54, 1.807) is 56.5 Å². The average molecular weight is 514 g/mol. The van der Waals surface area contributed by atoms with Gasteiger partial charge in [-0.25, -0.2) is 14.6 Å². The molecule has 0 saturated heterocycles. The van der Waals surface area contributed by atoms with Gasteiger partial charge < -0.3 is 19.1 Å². The van der Waals surface area contributed by atoms with Gasteiger partial charge in [0.2, 0.25) is 0 Å². The van der Waals surface area contributed by atoms with Gasteiger partial charge in [0.25, 0.3) is 0 Å². The molecular formula is C26H31N3O6S. The summed E-state index contributed by atoms with van der Waals surface area (Å²) in [7, 11) is 0. The first-order valence-corrected chi connectivity index (χ1v) is 12.6. The number of carbonyl (C=O) groups excluding carboxylic acids is 2. The van der Waals surface area contributed by atoms with E-state index >= 15 is 0 Å². The quantitative estimate of drug-likeness (QED) is 0.223. The van der Waals surface area contributed by atoms with Gasteiger partial charge in [-0.3, -0.25) is 9.69 Å². The van der Waals surface area contributed by atoms with Crippen LogP contribution in [0.25, 0.3) is 11.0 Å². The number of esters is 1. The molecule has 0 fully saturated rings. The van der Waals surface area contributed by atoms with Gasteiger partial charge in [-0.1, -0.05) is 23.9 Å². The average Bonchev–Trinajstić information content (AvgIpc) is 3.15. The number of fused-ring (bicyclic) bond motifs is 1. The summed E-state index contributed by atoms with van der Waals surface area (Å²) in [6, 6.07) is 14.0. The van der Waals surface area contributed by atoms with Gasteiger partial charge >= 0.3 is 18.0 Å². The fourth-order valence-corrected chi connectivity index (χ4v) is 4.41. The standard InChI is InChI=1S/C26H31N3O6S/c1-5-34-23(32)18-11-13-19(14-12-18)28(25(33)35-26(2,3)4)15-8-16-36-24-27-20-9-6-7-10-21(20)29(24)17-22(30)31/h6-7,9-14H,5,8,15-17H2,1-4H3,(H,30,31). The number of rotatable bonds is 10. The van der Waals surface area contributed by atoms with E-state index in [9.17, 15) is 19.5 Å². The molecule has 0 spiro atoms. The van der Waals surface area contributed by atoms with E-state index in [0.717, 1.165) is 11.0 Å². The lowest BCUT2D eigenvalue weighted by atomic mass is 10.2. The highest BCUT2D eigenvalue weighted by molar-refractivity contribution is 7.99. The lowest BCUT2D eigenvalue weighted by Crippen LogP contribution is -2.37. The summed E-state index contributed by atoms with van der Waals surface area (Å²) in [5.41, 5.74) is 1.83. The molecule has 1 N–H and O–H groups in total. The van der Waals surface area contributed by atoms with Crippen LogP contribution in [0.15, 0.2) is 53.7 Å². The fourth-order valence-electron chi connectivity index (χ4n) is 3.47. The number of ether oxygens (including phenoxy) is 2. The number of carbonyl (C=O) groups is 3. The zero-order chi connectivity index (χ0) is 26.3. The van der Waals surface area contributed by atoms with Gasteiger partial charge in [0.05, 0.1) is 23.2 Å². The van der Waals surface area contributed by atoms with Crippen molar-refractivity contribution in [1.29, 1.82) is 0 Å². The number of hydrogen-bond donors (Lipinski definition) is 1. The number of imidazole rings is 1. The van der Waals surface area contributed by atoms with Gasteiger partial charge in [-0.2, -0.15) is 0 Å². The molecule has 36 heavy (non-hydrogen) atoms. The molecule has 0 aliphatic rings. The number of carboxylic acid groups (broad SMARTS) is 1. The van der Waals surface area contributed by atoms with Crippen LogP contribution in [0, 0.1) is 0 Å². The van der Waals surface area contributed by atoms with Crippen LogP contribution in [0.1, 0.15) is 44.5 Å². The van der Waals surface area contributed by atoms with Crippen molar-refractivity contribution in [2.45, 2.75) is 51.4 Å². The van der Waals surface area contributed by atoms with E-state index < -0.39 is 23.6 Å². The van der Waals surface area contributed by atoms with E-state index in [4.69, 9.17) is 9.47 Å². The van der Waals surface area contributed by atoms with E-state index in [1.807, 2.05) is 24.3 Å². The molecule has 1 heterocycles. The van der Waals surface area contributed by atoms with Crippen LogP contribution in [0.4, 0.5) is 10.5 Å². The number of aromatic nitrogens is 2. The fraction of sp³-hybridized carbons (Fsp3) is 0.385. The summed E-state index contributed by atoms with van der Waals surface area (Å²) in [4.78, 5) is 42.4. The van der Waals surface area contributed by atoms with E-state index in [-0.39, 0.29) is 13.2 Å². The Morgan fingerprint density at radius 2 is 1.78 bits per heavy atom. The van der Waals surface area contributed by atoms with Crippen LogP contribution in [-0.2, 0) is 20.8 Å². The van der Waals surface area contributed by atoms with Crippen molar-refractivity contribution in [1.82, 2.24) is 9.55 Å². The zero-order valence-corrected chi connectivity index (χ0v) is 21.7. The molecule has 1 amide bonds. The Balaban J connectivity index is 1.72. The van der Waals surface area contributed by atoms with Crippen LogP contribution in [-0.4, -0.2) is 57.2 Å². The normalized spacial score (nSPS) is 11.3. The van der Waals surface area contributed by atoms with Gasteiger partial charge in [0.15, 0.2) is 5.16 Å². The minimum atomic E-state index is -0.942. The first kappa shape index (κ1) is 27.1. The number of hydrogen-bond acceptors (Lipinski definition) is 7. The topological polar surface area (TPSA) is 111 Å². The number of aliphatic carboxylic acids is 1. The van der Waals surface area contributed by atoms with Crippen molar-refractivity contribution in [3.63, 3.8) is 0 Å². The van der Waals surface area contributed by atoms with Crippen LogP contribution in [0.3, 0.4) is 0 Å². The Morgan fingerprint density at radius 3 is 2.42 bits per heavy atom. The summed E-state index contributed by atoms with van der Waals surface area (Å²) < 4.78 is 12.3. The maximum Gasteiger partial charge on any atom is 0.414 e. The SMILES string of the molecule is CCOC(=O)c1ccc(N(CCCSc2nc3ccccc3n2CC(=O)O)C(=O)OC(C)(C)C)cc1. The number of thioether (sulfide) groups is 1. The Hall–Kier alpha value is -3.53. The molecule has 2 aromatic carbocycles. The summed E-state index contributed by atoms with van der Waals surface area (Å²) >= 11 is 1.44. The van der Waals surface area contributed by atoms with Crippen LogP contribution < -0.4 is 4.90 Å². The number of benzene rings is 2. The maximum absolute atomic E-state index is 13.0. The second-order valence-electron chi connectivity index (χ2n) is 8.96. The Labute approximate surface area is 214 Å². The number of carboxylic acids is 1. The molecule has 10 heteroatoms. The molecule has 0 unspecified atom stereocenters. The molecule has 0 atom stereocenters. The van der Waals surface area contributed by atoms with Gasteiger partial charge in [-0.05, 0) is 70.5 Å². The van der Waals surface area contributed by atoms with Gasteiger partial charge in [-0.15, -0.1) is 0 Å².